The third kappa shape index (κ3) is 1.50. The van der Waals surface area contributed by atoms with Gasteiger partial charge in [0.15, 0.2) is 4.77 Å². The molecule has 1 aromatic heterocycles. The lowest BCUT2D eigenvalue weighted by molar-refractivity contribution is 0.690. The largest absolute Gasteiger partial charge is 0.279 e. The van der Waals surface area contributed by atoms with Gasteiger partial charge in [0, 0.05) is 6.54 Å². The summed E-state index contributed by atoms with van der Waals surface area (Å²) in [6.45, 7) is 5.57. The first kappa shape index (κ1) is 8.86. The topological polar surface area (TPSA) is 50.7 Å². The molecule has 0 aliphatic heterocycles. The SMILES string of the molecule is C=CCn1c(=S)[nH]nc(C)c1=O. The summed E-state index contributed by atoms with van der Waals surface area (Å²) in [5.41, 5.74) is 0.240. The molecule has 0 amide bonds. The first-order valence-electron chi connectivity index (χ1n) is 3.44. The highest BCUT2D eigenvalue weighted by atomic mass is 32.1. The van der Waals surface area contributed by atoms with Crippen LogP contribution in [0.25, 0.3) is 0 Å². The molecule has 1 heterocycles. The smallest absolute Gasteiger partial charge is 0.276 e. The van der Waals surface area contributed by atoms with Gasteiger partial charge in [-0.05, 0) is 19.1 Å². The predicted molar refractivity (Wildman–Crippen MR) is 48.6 cm³/mol. The summed E-state index contributed by atoms with van der Waals surface area (Å²) in [6, 6.07) is 0. The van der Waals surface area contributed by atoms with Crippen molar-refractivity contribution in [3.8, 4) is 0 Å². The van der Waals surface area contributed by atoms with Gasteiger partial charge in [0.2, 0.25) is 0 Å². The number of rotatable bonds is 2. The van der Waals surface area contributed by atoms with Crippen LogP contribution in [-0.2, 0) is 6.54 Å². The molecule has 64 valence electrons. The fourth-order valence-corrected chi connectivity index (χ4v) is 1.03. The van der Waals surface area contributed by atoms with Gasteiger partial charge in [-0.3, -0.25) is 14.5 Å². The lowest BCUT2D eigenvalue weighted by Gasteiger charge is -2.01. The zero-order valence-electron chi connectivity index (χ0n) is 6.70. The maximum absolute atomic E-state index is 11.3. The maximum atomic E-state index is 11.3. The Morgan fingerprint density at radius 1 is 1.83 bits per heavy atom. The Labute approximate surface area is 74.6 Å². The number of allylic oxidation sites excluding steroid dienone is 1. The molecule has 0 unspecified atom stereocenters. The van der Waals surface area contributed by atoms with Crippen LogP contribution in [0.15, 0.2) is 17.4 Å². The minimum atomic E-state index is -0.168. The van der Waals surface area contributed by atoms with Gasteiger partial charge in [-0.2, -0.15) is 5.10 Å². The van der Waals surface area contributed by atoms with E-state index in [2.05, 4.69) is 16.8 Å². The number of aromatic amines is 1. The van der Waals surface area contributed by atoms with Crippen molar-refractivity contribution in [2.75, 3.05) is 0 Å². The van der Waals surface area contributed by atoms with Gasteiger partial charge in [0.25, 0.3) is 5.56 Å². The highest BCUT2D eigenvalue weighted by molar-refractivity contribution is 7.71. The number of aromatic nitrogens is 3. The van der Waals surface area contributed by atoms with Crippen molar-refractivity contribution in [1.82, 2.24) is 14.8 Å². The average molecular weight is 183 g/mol. The van der Waals surface area contributed by atoms with Crippen molar-refractivity contribution in [2.24, 2.45) is 0 Å². The van der Waals surface area contributed by atoms with Gasteiger partial charge in [0.05, 0.1) is 0 Å². The predicted octanol–water partition coefficient (Wildman–Crippen LogP) is 0.795. The quantitative estimate of drug-likeness (QED) is 0.545. The van der Waals surface area contributed by atoms with Gasteiger partial charge in [-0.25, -0.2) is 0 Å². The molecule has 0 saturated carbocycles. The second-order valence-corrected chi connectivity index (χ2v) is 2.71. The molecule has 0 atom stereocenters. The van der Waals surface area contributed by atoms with Crippen LogP contribution in [0.2, 0.25) is 0 Å². The molecular formula is C7H9N3OS. The van der Waals surface area contributed by atoms with E-state index < -0.39 is 0 Å². The number of hydrogen-bond donors (Lipinski definition) is 1. The van der Waals surface area contributed by atoms with Crippen LogP contribution in [0.5, 0.6) is 0 Å². The Hall–Kier alpha value is -1.23. The number of hydrogen-bond acceptors (Lipinski definition) is 3. The van der Waals surface area contributed by atoms with Crippen molar-refractivity contribution in [2.45, 2.75) is 13.5 Å². The fourth-order valence-electron chi connectivity index (χ4n) is 0.822. The molecule has 12 heavy (non-hydrogen) atoms. The van der Waals surface area contributed by atoms with Crippen LogP contribution in [0.4, 0.5) is 0 Å². The van der Waals surface area contributed by atoms with Crippen molar-refractivity contribution in [3.63, 3.8) is 0 Å². The van der Waals surface area contributed by atoms with Gasteiger partial charge in [-0.1, -0.05) is 6.08 Å². The molecule has 1 rings (SSSR count). The monoisotopic (exact) mass is 183 g/mol. The average Bonchev–Trinajstić information content (AvgIpc) is 2.06. The van der Waals surface area contributed by atoms with Gasteiger partial charge in [-0.15, -0.1) is 6.58 Å². The highest BCUT2D eigenvalue weighted by Crippen LogP contribution is 1.84. The Bertz CT molecular complexity index is 404. The third-order valence-corrected chi connectivity index (χ3v) is 1.74. The van der Waals surface area contributed by atoms with Crippen molar-refractivity contribution in [1.29, 1.82) is 0 Å². The lowest BCUT2D eigenvalue weighted by atomic mass is 10.5. The van der Waals surface area contributed by atoms with E-state index in [0.717, 1.165) is 0 Å². The molecule has 0 aliphatic carbocycles. The molecule has 0 aliphatic rings. The molecule has 0 fully saturated rings. The summed E-state index contributed by atoms with van der Waals surface area (Å²) in [7, 11) is 0. The highest BCUT2D eigenvalue weighted by Gasteiger charge is 1.99. The normalized spacial score (nSPS) is 9.75. The Balaban J connectivity index is 3.43. The van der Waals surface area contributed by atoms with Crippen molar-refractivity contribution in [3.05, 3.63) is 33.5 Å². The van der Waals surface area contributed by atoms with E-state index in [-0.39, 0.29) is 5.56 Å². The Morgan fingerprint density at radius 3 is 3.08 bits per heavy atom. The minimum absolute atomic E-state index is 0.168. The van der Waals surface area contributed by atoms with E-state index in [1.165, 1.54) is 4.57 Å². The second-order valence-electron chi connectivity index (χ2n) is 2.32. The summed E-state index contributed by atoms with van der Waals surface area (Å²) in [5.74, 6) is 0. The van der Waals surface area contributed by atoms with Crippen LogP contribution < -0.4 is 5.56 Å². The minimum Gasteiger partial charge on any atom is -0.279 e. The van der Waals surface area contributed by atoms with Crippen LogP contribution in [-0.4, -0.2) is 14.8 Å². The van der Waals surface area contributed by atoms with Crippen LogP contribution in [0.3, 0.4) is 0 Å². The van der Waals surface area contributed by atoms with Gasteiger partial charge < -0.3 is 0 Å². The van der Waals surface area contributed by atoms with E-state index in [0.29, 0.717) is 17.0 Å². The zero-order valence-corrected chi connectivity index (χ0v) is 7.52. The standard InChI is InChI=1S/C7H9N3OS/c1-3-4-10-6(11)5(2)8-9-7(10)12/h3H,1,4H2,2H3,(H,9,12). The molecular weight excluding hydrogens is 174 g/mol. The summed E-state index contributed by atoms with van der Waals surface area (Å²) >= 11 is 4.86. The number of nitrogens with zero attached hydrogens (tertiary/aromatic N) is 2. The lowest BCUT2D eigenvalue weighted by Crippen LogP contribution is -2.24. The summed E-state index contributed by atoms with van der Waals surface area (Å²) in [4.78, 5) is 11.3. The molecule has 0 saturated heterocycles. The summed E-state index contributed by atoms with van der Waals surface area (Å²) in [5, 5.41) is 6.30. The molecule has 0 aromatic carbocycles. The molecule has 0 bridgehead atoms. The first-order valence-corrected chi connectivity index (χ1v) is 3.84. The molecule has 4 nitrogen and oxygen atoms in total. The number of aryl methyl sites for hydroxylation is 1. The number of H-pyrrole nitrogens is 1. The zero-order chi connectivity index (χ0) is 9.14. The summed E-state index contributed by atoms with van der Waals surface area (Å²) in [6.07, 6.45) is 1.62. The van der Waals surface area contributed by atoms with E-state index in [4.69, 9.17) is 12.2 Å². The molecule has 1 N–H and O–H groups in total. The van der Waals surface area contributed by atoms with Gasteiger partial charge in [0.1, 0.15) is 5.69 Å². The molecule has 0 radical (unpaired) electrons. The van der Waals surface area contributed by atoms with Crippen LogP contribution in [0, 0.1) is 11.7 Å². The fraction of sp³-hybridized carbons (Fsp3) is 0.286. The Morgan fingerprint density at radius 2 is 2.50 bits per heavy atom. The summed E-state index contributed by atoms with van der Waals surface area (Å²) < 4.78 is 1.73. The van der Waals surface area contributed by atoms with E-state index in [9.17, 15) is 4.79 Å². The van der Waals surface area contributed by atoms with Crippen molar-refractivity contribution >= 4 is 12.2 Å². The maximum Gasteiger partial charge on any atom is 0.276 e. The first-order chi connectivity index (χ1) is 5.66. The van der Waals surface area contributed by atoms with E-state index >= 15 is 0 Å². The second kappa shape index (κ2) is 3.44. The van der Waals surface area contributed by atoms with E-state index in [1.54, 1.807) is 13.0 Å². The van der Waals surface area contributed by atoms with Crippen molar-refractivity contribution < 1.29 is 0 Å². The van der Waals surface area contributed by atoms with Gasteiger partial charge >= 0.3 is 0 Å². The third-order valence-electron chi connectivity index (χ3n) is 1.43. The number of nitrogens with one attached hydrogen (secondary N) is 1. The van der Waals surface area contributed by atoms with Crippen LogP contribution in [0.1, 0.15) is 5.69 Å². The molecule has 5 heteroatoms. The Kier molecular flexibility index (Phi) is 2.54. The van der Waals surface area contributed by atoms with Crippen LogP contribution >= 0.6 is 12.2 Å². The molecule has 1 aromatic rings. The van der Waals surface area contributed by atoms with E-state index in [1.807, 2.05) is 0 Å². The molecule has 0 spiro atoms.